The Morgan fingerprint density at radius 3 is 2.62 bits per heavy atom. The van der Waals surface area contributed by atoms with Gasteiger partial charge < -0.3 is 9.47 Å². The molecule has 0 unspecified atom stereocenters. The molecule has 1 aromatic carbocycles. The maximum absolute atomic E-state index is 12.4. The molecule has 0 radical (unpaired) electrons. The van der Waals surface area contributed by atoms with Gasteiger partial charge in [-0.2, -0.15) is 4.99 Å². The molecule has 0 atom stereocenters. The molecule has 2 aromatic rings. The van der Waals surface area contributed by atoms with E-state index in [1.165, 1.54) is 11.3 Å². The molecule has 0 spiro atoms. The van der Waals surface area contributed by atoms with Crippen molar-refractivity contribution in [1.29, 1.82) is 0 Å². The van der Waals surface area contributed by atoms with Gasteiger partial charge in [0, 0.05) is 13.1 Å². The van der Waals surface area contributed by atoms with E-state index in [0.29, 0.717) is 23.8 Å². The van der Waals surface area contributed by atoms with Crippen LogP contribution in [-0.2, 0) is 26.0 Å². The SMILES string of the molecule is C#CCn1c(=NC(=O)CS(=O)(=O)CC(=O)N2CCC(C)CC2)sc2ccccc21. The van der Waals surface area contributed by atoms with E-state index in [1.807, 2.05) is 24.3 Å². The number of thiazole rings is 1. The highest BCUT2D eigenvalue weighted by molar-refractivity contribution is 7.92. The van der Waals surface area contributed by atoms with Crippen molar-refractivity contribution in [2.45, 2.75) is 26.3 Å². The first-order chi connectivity index (χ1) is 13.8. The van der Waals surface area contributed by atoms with E-state index in [4.69, 9.17) is 6.42 Å². The van der Waals surface area contributed by atoms with Gasteiger partial charge in [-0.25, -0.2) is 8.42 Å². The van der Waals surface area contributed by atoms with Crippen molar-refractivity contribution in [3.63, 3.8) is 0 Å². The van der Waals surface area contributed by atoms with Gasteiger partial charge in [0.1, 0.15) is 11.5 Å². The molecule has 1 aromatic heterocycles. The van der Waals surface area contributed by atoms with Crippen LogP contribution in [0.1, 0.15) is 19.8 Å². The maximum Gasteiger partial charge on any atom is 0.263 e. The summed E-state index contributed by atoms with van der Waals surface area (Å²) < 4.78 is 27.3. The summed E-state index contributed by atoms with van der Waals surface area (Å²) >= 11 is 1.26. The van der Waals surface area contributed by atoms with E-state index >= 15 is 0 Å². The van der Waals surface area contributed by atoms with Crippen molar-refractivity contribution in [2.75, 3.05) is 24.6 Å². The smallest absolute Gasteiger partial charge is 0.263 e. The Kier molecular flexibility index (Phi) is 6.55. The van der Waals surface area contributed by atoms with Gasteiger partial charge in [0.15, 0.2) is 14.6 Å². The average molecular weight is 434 g/mol. The lowest BCUT2D eigenvalue weighted by atomic mass is 9.99. The Balaban J connectivity index is 1.74. The Morgan fingerprint density at radius 2 is 1.93 bits per heavy atom. The van der Waals surface area contributed by atoms with E-state index in [0.717, 1.165) is 23.1 Å². The first kappa shape index (κ1) is 21.3. The van der Waals surface area contributed by atoms with E-state index in [2.05, 4.69) is 17.8 Å². The molecule has 0 bridgehead atoms. The number of fused-ring (bicyclic) bond motifs is 1. The number of amides is 2. The molecule has 154 valence electrons. The van der Waals surface area contributed by atoms with E-state index in [1.54, 1.807) is 9.47 Å². The van der Waals surface area contributed by atoms with Gasteiger partial charge in [-0.15, -0.1) is 6.42 Å². The molecule has 0 aliphatic carbocycles. The lowest BCUT2D eigenvalue weighted by Crippen LogP contribution is -2.41. The fourth-order valence-electron chi connectivity index (χ4n) is 3.27. The van der Waals surface area contributed by atoms with Gasteiger partial charge >= 0.3 is 0 Å². The van der Waals surface area contributed by atoms with E-state index < -0.39 is 33.2 Å². The van der Waals surface area contributed by atoms with Crippen LogP contribution in [0.15, 0.2) is 29.3 Å². The van der Waals surface area contributed by atoms with Crippen molar-refractivity contribution in [3.05, 3.63) is 29.1 Å². The Labute approximate surface area is 174 Å². The number of sulfone groups is 1. The van der Waals surface area contributed by atoms with Crippen molar-refractivity contribution in [3.8, 4) is 12.3 Å². The van der Waals surface area contributed by atoms with Crippen LogP contribution in [0.2, 0.25) is 0 Å². The average Bonchev–Trinajstić information content (AvgIpc) is 2.99. The summed E-state index contributed by atoms with van der Waals surface area (Å²) in [5.74, 6) is 0.335. The molecular formula is C20H23N3O4S2. The van der Waals surface area contributed by atoms with Crippen molar-refractivity contribution >= 4 is 43.2 Å². The number of terminal acetylenes is 1. The summed E-state index contributed by atoms with van der Waals surface area (Å²) in [6.07, 6.45) is 7.14. The molecule has 2 heterocycles. The number of nitrogens with zero attached hydrogens (tertiary/aromatic N) is 3. The number of aromatic nitrogens is 1. The predicted molar refractivity (Wildman–Crippen MR) is 113 cm³/mol. The highest BCUT2D eigenvalue weighted by Crippen LogP contribution is 2.17. The summed E-state index contributed by atoms with van der Waals surface area (Å²) in [6, 6.07) is 7.46. The second-order valence-electron chi connectivity index (χ2n) is 7.24. The number of piperidine rings is 1. The summed E-state index contributed by atoms with van der Waals surface area (Å²) in [6.45, 7) is 3.44. The first-order valence-corrected chi connectivity index (χ1v) is 12.0. The third kappa shape index (κ3) is 5.34. The van der Waals surface area contributed by atoms with Gasteiger partial charge in [0.2, 0.25) is 5.91 Å². The second kappa shape index (κ2) is 8.93. The summed E-state index contributed by atoms with van der Waals surface area (Å²) in [5, 5.41) is 0. The molecule has 0 saturated carbocycles. The third-order valence-electron chi connectivity index (χ3n) is 4.88. The number of carbonyl (C=O) groups excluding carboxylic acids is 2. The molecule has 1 aliphatic rings. The molecule has 1 aliphatic heterocycles. The van der Waals surface area contributed by atoms with Crippen LogP contribution in [-0.4, -0.2) is 54.3 Å². The fourth-order valence-corrected chi connectivity index (χ4v) is 5.41. The molecule has 1 saturated heterocycles. The minimum absolute atomic E-state index is 0.217. The monoisotopic (exact) mass is 433 g/mol. The zero-order valence-electron chi connectivity index (χ0n) is 16.2. The number of likely N-dealkylation sites (tertiary alicyclic amines) is 1. The largest absolute Gasteiger partial charge is 0.342 e. The number of hydrogen-bond donors (Lipinski definition) is 0. The maximum atomic E-state index is 12.4. The van der Waals surface area contributed by atoms with Crippen molar-refractivity contribution in [1.82, 2.24) is 9.47 Å². The van der Waals surface area contributed by atoms with Crippen LogP contribution < -0.4 is 4.80 Å². The molecule has 1 fully saturated rings. The van der Waals surface area contributed by atoms with Gasteiger partial charge in [-0.1, -0.05) is 36.3 Å². The Morgan fingerprint density at radius 1 is 1.24 bits per heavy atom. The molecule has 9 heteroatoms. The Bertz CT molecular complexity index is 1130. The lowest BCUT2D eigenvalue weighted by Gasteiger charge is -2.30. The molecule has 3 rings (SSSR count). The number of hydrogen-bond acceptors (Lipinski definition) is 5. The van der Waals surface area contributed by atoms with Crippen LogP contribution in [0.3, 0.4) is 0 Å². The standard InChI is InChI=1S/C20H23N3O4S2/c1-3-10-23-16-6-4-5-7-17(16)28-20(23)21-18(24)13-29(26,27)14-19(25)22-11-8-15(2)9-12-22/h1,4-7,15H,8-14H2,2H3. The second-order valence-corrected chi connectivity index (χ2v) is 10.3. The summed E-state index contributed by atoms with van der Waals surface area (Å²) in [7, 11) is -3.90. The quantitative estimate of drug-likeness (QED) is 0.668. The lowest BCUT2D eigenvalue weighted by molar-refractivity contribution is -0.129. The van der Waals surface area contributed by atoms with Crippen LogP contribution in [0.25, 0.3) is 10.2 Å². The van der Waals surface area contributed by atoms with Crippen LogP contribution in [0.4, 0.5) is 0 Å². The summed E-state index contributed by atoms with van der Waals surface area (Å²) in [5.41, 5.74) is 0.833. The normalized spacial score (nSPS) is 16.1. The molecule has 29 heavy (non-hydrogen) atoms. The third-order valence-corrected chi connectivity index (χ3v) is 7.31. The van der Waals surface area contributed by atoms with Crippen LogP contribution >= 0.6 is 11.3 Å². The van der Waals surface area contributed by atoms with Crippen LogP contribution in [0.5, 0.6) is 0 Å². The molecule has 0 N–H and O–H groups in total. The number of carbonyl (C=O) groups is 2. The number of benzene rings is 1. The number of rotatable bonds is 5. The molecular weight excluding hydrogens is 410 g/mol. The molecule has 2 amide bonds. The topological polar surface area (TPSA) is 88.8 Å². The van der Waals surface area contributed by atoms with Gasteiger partial charge in [-0.3, -0.25) is 9.59 Å². The zero-order chi connectivity index (χ0) is 21.0. The summed E-state index contributed by atoms with van der Waals surface area (Å²) in [4.78, 5) is 30.5. The Hall–Kier alpha value is -2.44. The first-order valence-electron chi connectivity index (χ1n) is 9.36. The minimum atomic E-state index is -3.90. The zero-order valence-corrected chi connectivity index (χ0v) is 17.8. The van der Waals surface area contributed by atoms with E-state index in [9.17, 15) is 18.0 Å². The van der Waals surface area contributed by atoms with Gasteiger partial charge in [0.25, 0.3) is 5.91 Å². The van der Waals surface area contributed by atoms with Gasteiger partial charge in [0.05, 0.1) is 16.8 Å². The van der Waals surface area contributed by atoms with Gasteiger partial charge in [-0.05, 0) is 30.9 Å². The van der Waals surface area contributed by atoms with Crippen molar-refractivity contribution in [2.24, 2.45) is 10.9 Å². The van der Waals surface area contributed by atoms with Crippen LogP contribution in [0, 0.1) is 18.3 Å². The fraction of sp³-hybridized carbons (Fsp3) is 0.450. The molecule has 7 nitrogen and oxygen atoms in total. The highest BCUT2D eigenvalue weighted by atomic mass is 32.2. The number of para-hydroxylation sites is 1. The van der Waals surface area contributed by atoms with E-state index in [-0.39, 0.29) is 6.54 Å². The highest BCUT2D eigenvalue weighted by Gasteiger charge is 2.26. The van der Waals surface area contributed by atoms with Crippen molar-refractivity contribution < 1.29 is 18.0 Å². The predicted octanol–water partition coefficient (Wildman–Crippen LogP) is 1.44. The minimum Gasteiger partial charge on any atom is -0.342 e.